The first-order valence-electron chi connectivity index (χ1n) is 10.1. The van der Waals surface area contributed by atoms with E-state index in [1.807, 2.05) is 47.8 Å². The molecule has 2 amide bonds. The summed E-state index contributed by atoms with van der Waals surface area (Å²) in [6, 6.07) is 19.9. The Labute approximate surface area is 184 Å². The molecule has 1 unspecified atom stereocenters. The van der Waals surface area contributed by atoms with Crippen molar-refractivity contribution in [2.75, 3.05) is 18.1 Å². The van der Waals surface area contributed by atoms with Crippen molar-refractivity contribution < 1.29 is 19.1 Å². The van der Waals surface area contributed by atoms with Crippen LogP contribution in [0.3, 0.4) is 0 Å². The fourth-order valence-electron chi connectivity index (χ4n) is 3.54. The maximum atomic E-state index is 12.5. The van der Waals surface area contributed by atoms with E-state index in [0.29, 0.717) is 18.5 Å². The molecule has 1 fully saturated rings. The predicted octanol–water partition coefficient (Wildman–Crippen LogP) is 3.94. The quantitative estimate of drug-likeness (QED) is 0.572. The number of nitrogens with one attached hydrogen (secondary N) is 1. The molecule has 0 radical (unpaired) electrons. The third kappa shape index (κ3) is 5.00. The van der Waals surface area contributed by atoms with Crippen LogP contribution in [0.4, 0.5) is 5.69 Å². The maximum Gasteiger partial charge on any atom is 0.338 e. The lowest BCUT2D eigenvalue weighted by Crippen LogP contribution is -2.32. The number of nitrogens with zero attached hydrogens (tertiary/aromatic N) is 1. The number of amides is 2. The summed E-state index contributed by atoms with van der Waals surface area (Å²) in [5.74, 6) is -0.873. The maximum absolute atomic E-state index is 12.5. The van der Waals surface area contributed by atoms with Gasteiger partial charge in [-0.2, -0.15) is 0 Å². The second-order valence-electron chi connectivity index (χ2n) is 7.20. The number of esters is 1. The van der Waals surface area contributed by atoms with Gasteiger partial charge in [0.2, 0.25) is 5.91 Å². The van der Waals surface area contributed by atoms with Gasteiger partial charge in [0.1, 0.15) is 0 Å². The highest BCUT2D eigenvalue weighted by Gasteiger charge is 2.22. The van der Waals surface area contributed by atoms with E-state index in [0.717, 1.165) is 22.5 Å². The van der Waals surface area contributed by atoms with Crippen molar-refractivity contribution in [1.82, 2.24) is 5.32 Å². The topological polar surface area (TPSA) is 75.7 Å². The second-order valence-corrected chi connectivity index (χ2v) is 8.18. The minimum Gasteiger partial charge on any atom is -0.452 e. The van der Waals surface area contributed by atoms with Crippen LogP contribution in [0.15, 0.2) is 72.1 Å². The van der Waals surface area contributed by atoms with Crippen LogP contribution in [0.1, 0.15) is 39.7 Å². The van der Waals surface area contributed by atoms with Gasteiger partial charge in [-0.1, -0.05) is 36.4 Å². The lowest BCUT2D eigenvalue weighted by atomic mass is 10.1. The van der Waals surface area contributed by atoms with Crippen LogP contribution in [-0.4, -0.2) is 30.9 Å². The molecule has 1 aromatic heterocycles. The number of benzene rings is 2. The third-order valence-corrected chi connectivity index (χ3v) is 6.03. The van der Waals surface area contributed by atoms with Gasteiger partial charge in [0, 0.05) is 23.5 Å². The van der Waals surface area contributed by atoms with E-state index in [-0.39, 0.29) is 24.5 Å². The minimum absolute atomic E-state index is 0.0886. The van der Waals surface area contributed by atoms with Crippen molar-refractivity contribution in [1.29, 1.82) is 0 Å². The van der Waals surface area contributed by atoms with E-state index in [1.165, 1.54) is 0 Å². The lowest BCUT2D eigenvalue weighted by molar-refractivity contribution is -0.124. The van der Waals surface area contributed by atoms with E-state index in [1.54, 1.807) is 40.5 Å². The molecule has 1 saturated heterocycles. The Morgan fingerprint density at radius 3 is 2.45 bits per heavy atom. The van der Waals surface area contributed by atoms with E-state index in [4.69, 9.17) is 4.74 Å². The molecule has 2 heterocycles. The molecule has 7 heteroatoms. The summed E-state index contributed by atoms with van der Waals surface area (Å²) in [5.41, 5.74) is 2.05. The highest BCUT2D eigenvalue weighted by molar-refractivity contribution is 7.10. The largest absolute Gasteiger partial charge is 0.452 e. The number of carbonyl (C=O) groups excluding carboxylic acids is 3. The average molecular weight is 435 g/mol. The predicted molar refractivity (Wildman–Crippen MR) is 119 cm³/mol. The molecule has 6 nitrogen and oxygen atoms in total. The number of thiophene rings is 1. The molecule has 0 spiro atoms. The van der Waals surface area contributed by atoms with Crippen molar-refractivity contribution in [3.63, 3.8) is 0 Å². The number of rotatable bonds is 7. The molecule has 0 aliphatic carbocycles. The zero-order chi connectivity index (χ0) is 21.6. The highest BCUT2D eigenvalue weighted by atomic mass is 32.1. The van der Waals surface area contributed by atoms with Gasteiger partial charge in [0.25, 0.3) is 5.91 Å². The van der Waals surface area contributed by atoms with Gasteiger partial charge < -0.3 is 15.0 Å². The van der Waals surface area contributed by atoms with E-state index in [9.17, 15) is 14.4 Å². The Morgan fingerprint density at radius 2 is 1.81 bits per heavy atom. The monoisotopic (exact) mass is 434 g/mol. The zero-order valence-electron chi connectivity index (χ0n) is 16.8. The molecule has 0 saturated carbocycles. The Hall–Kier alpha value is -3.45. The second kappa shape index (κ2) is 9.57. The summed E-state index contributed by atoms with van der Waals surface area (Å²) >= 11 is 1.55. The van der Waals surface area contributed by atoms with Crippen LogP contribution >= 0.6 is 11.3 Å². The van der Waals surface area contributed by atoms with Crippen LogP contribution in [0.2, 0.25) is 0 Å². The zero-order valence-corrected chi connectivity index (χ0v) is 17.6. The SMILES string of the molecule is O=C(COC(=O)c1ccc(N2CCCC2=O)cc1)NC(c1ccccc1)c1cccs1. The van der Waals surface area contributed by atoms with Crippen molar-refractivity contribution >= 4 is 34.8 Å². The summed E-state index contributed by atoms with van der Waals surface area (Å²) in [4.78, 5) is 39.4. The number of anilines is 1. The van der Waals surface area contributed by atoms with Crippen LogP contribution in [0.25, 0.3) is 0 Å². The van der Waals surface area contributed by atoms with Gasteiger partial charge in [-0.15, -0.1) is 11.3 Å². The molecular weight excluding hydrogens is 412 g/mol. The minimum atomic E-state index is -0.582. The summed E-state index contributed by atoms with van der Waals surface area (Å²) in [7, 11) is 0. The molecule has 1 aliphatic rings. The molecule has 4 rings (SSSR count). The van der Waals surface area contributed by atoms with Crippen molar-refractivity contribution in [2.24, 2.45) is 0 Å². The normalized spacial score (nSPS) is 14.3. The lowest BCUT2D eigenvalue weighted by Gasteiger charge is -2.18. The number of hydrogen-bond donors (Lipinski definition) is 1. The first-order valence-corrected chi connectivity index (χ1v) is 10.9. The number of ether oxygens (including phenoxy) is 1. The molecule has 31 heavy (non-hydrogen) atoms. The first-order chi connectivity index (χ1) is 15.1. The summed E-state index contributed by atoms with van der Waals surface area (Å²) in [6.07, 6.45) is 1.39. The average Bonchev–Trinajstić information content (AvgIpc) is 3.48. The highest BCUT2D eigenvalue weighted by Crippen LogP contribution is 2.26. The Balaban J connectivity index is 1.35. The van der Waals surface area contributed by atoms with Gasteiger partial charge in [0.15, 0.2) is 6.61 Å². The third-order valence-electron chi connectivity index (χ3n) is 5.09. The van der Waals surface area contributed by atoms with Crippen LogP contribution in [-0.2, 0) is 14.3 Å². The van der Waals surface area contributed by atoms with Gasteiger partial charge >= 0.3 is 5.97 Å². The van der Waals surface area contributed by atoms with E-state index < -0.39 is 5.97 Å². The molecule has 1 N–H and O–H groups in total. The van der Waals surface area contributed by atoms with E-state index in [2.05, 4.69) is 5.32 Å². The van der Waals surface area contributed by atoms with Gasteiger partial charge in [-0.05, 0) is 47.7 Å². The van der Waals surface area contributed by atoms with Gasteiger partial charge in [-0.3, -0.25) is 9.59 Å². The van der Waals surface area contributed by atoms with Crippen molar-refractivity contribution in [2.45, 2.75) is 18.9 Å². The van der Waals surface area contributed by atoms with Gasteiger partial charge in [0.05, 0.1) is 11.6 Å². The fourth-order valence-corrected chi connectivity index (χ4v) is 4.34. The van der Waals surface area contributed by atoms with Crippen LogP contribution in [0.5, 0.6) is 0 Å². The molecule has 158 valence electrons. The smallest absolute Gasteiger partial charge is 0.338 e. The van der Waals surface area contributed by atoms with Crippen molar-refractivity contribution in [3.05, 3.63) is 88.1 Å². The molecule has 0 bridgehead atoms. The Bertz CT molecular complexity index is 1050. The van der Waals surface area contributed by atoms with Crippen LogP contribution in [0, 0.1) is 0 Å². The number of carbonyl (C=O) groups is 3. The Kier molecular flexibility index (Phi) is 6.43. The molecule has 1 aliphatic heterocycles. The summed E-state index contributed by atoms with van der Waals surface area (Å²) < 4.78 is 5.20. The molecule has 3 aromatic rings. The first kappa shape index (κ1) is 20.8. The fraction of sp³-hybridized carbons (Fsp3) is 0.208. The van der Waals surface area contributed by atoms with E-state index >= 15 is 0 Å². The summed E-state index contributed by atoms with van der Waals surface area (Å²) in [6.45, 7) is 0.315. The molecular formula is C24H22N2O4S. The number of hydrogen-bond acceptors (Lipinski definition) is 5. The Morgan fingerprint density at radius 1 is 1.03 bits per heavy atom. The van der Waals surface area contributed by atoms with Crippen molar-refractivity contribution in [3.8, 4) is 0 Å². The molecule has 2 aromatic carbocycles. The van der Waals surface area contributed by atoms with Gasteiger partial charge in [-0.25, -0.2) is 4.79 Å². The van der Waals surface area contributed by atoms with Crippen LogP contribution < -0.4 is 10.2 Å². The molecule has 1 atom stereocenters. The standard InChI is InChI=1S/C24H22N2O4S/c27-21(25-23(20-8-5-15-31-20)17-6-2-1-3-7-17)16-30-24(29)18-10-12-19(13-11-18)26-14-4-9-22(26)28/h1-3,5-8,10-13,15,23H,4,9,14,16H2,(H,25,27). The summed E-state index contributed by atoms with van der Waals surface area (Å²) in [5, 5.41) is 4.90.